The van der Waals surface area contributed by atoms with Gasteiger partial charge in [0.2, 0.25) is 0 Å². The minimum atomic E-state index is -0.164. The van der Waals surface area contributed by atoms with Gasteiger partial charge in [-0.25, -0.2) is 4.39 Å². The molecule has 0 radical (unpaired) electrons. The van der Waals surface area contributed by atoms with Crippen molar-refractivity contribution in [1.82, 2.24) is 9.88 Å². The van der Waals surface area contributed by atoms with Gasteiger partial charge in [0.15, 0.2) is 0 Å². The highest BCUT2D eigenvalue weighted by Gasteiger charge is 2.24. The third-order valence-corrected chi connectivity index (χ3v) is 3.97. The Hall–Kier alpha value is -1.74. The lowest BCUT2D eigenvalue weighted by Gasteiger charge is -2.22. The van der Waals surface area contributed by atoms with Crippen molar-refractivity contribution in [1.29, 1.82) is 0 Å². The van der Waals surface area contributed by atoms with E-state index in [4.69, 9.17) is 0 Å². The van der Waals surface area contributed by atoms with Crippen LogP contribution in [0.15, 0.2) is 48.8 Å². The Balaban J connectivity index is 1.58. The topological polar surface area (TPSA) is 16.1 Å². The molecule has 2 aromatic rings. The average molecular weight is 284 g/mol. The summed E-state index contributed by atoms with van der Waals surface area (Å²) in [5, 5.41) is 0. The van der Waals surface area contributed by atoms with Gasteiger partial charge in [-0.3, -0.25) is 9.88 Å². The van der Waals surface area contributed by atoms with Gasteiger partial charge in [0.25, 0.3) is 0 Å². The molecule has 110 valence electrons. The van der Waals surface area contributed by atoms with E-state index in [-0.39, 0.29) is 5.82 Å². The molecular weight excluding hydrogens is 263 g/mol. The van der Waals surface area contributed by atoms with Crippen LogP contribution in [0.4, 0.5) is 4.39 Å². The van der Waals surface area contributed by atoms with E-state index in [1.807, 2.05) is 30.6 Å². The highest BCUT2D eigenvalue weighted by atomic mass is 19.1. The summed E-state index contributed by atoms with van der Waals surface area (Å²) in [6.07, 6.45) is 7.47. The maximum Gasteiger partial charge on any atom is 0.123 e. The number of hydrogen-bond acceptors (Lipinski definition) is 2. The fourth-order valence-corrected chi connectivity index (χ4v) is 2.58. The van der Waals surface area contributed by atoms with Crippen LogP contribution < -0.4 is 0 Å². The lowest BCUT2D eigenvalue weighted by Crippen LogP contribution is -2.28. The van der Waals surface area contributed by atoms with Crippen molar-refractivity contribution in [3.63, 3.8) is 0 Å². The zero-order chi connectivity index (χ0) is 14.5. The quantitative estimate of drug-likeness (QED) is 0.771. The minimum absolute atomic E-state index is 0.164. The van der Waals surface area contributed by atoms with Gasteiger partial charge < -0.3 is 0 Å². The first-order valence-corrected chi connectivity index (χ1v) is 7.65. The SMILES string of the molecule is Fc1ccc(CN(CCc2cccnc2)CC2CC2)cc1. The zero-order valence-electron chi connectivity index (χ0n) is 12.2. The van der Waals surface area contributed by atoms with Crippen LogP contribution in [-0.2, 0) is 13.0 Å². The molecular formula is C18H21FN2. The predicted octanol–water partition coefficient (Wildman–Crippen LogP) is 3.68. The third-order valence-electron chi connectivity index (χ3n) is 3.97. The number of aromatic nitrogens is 1. The average Bonchev–Trinajstić information content (AvgIpc) is 3.32. The fraction of sp³-hybridized carbons (Fsp3) is 0.389. The predicted molar refractivity (Wildman–Crippen MR) is 82.3 cm³/mol. The fourth-order valence-electron chi connectivity index (χ4n) is 2.58. The van der Waals surface area contributed by atoms with Crippen molar-refractivity contribution in [2.24, 2.45) is 5.92 Å². The van der Waals surface area contributed by atoms with Gasteiger partial charge in [-0.2, -0.15) is 0 Å². The molecule has 3 rings (SSSR count). The van der Waals surface area contributed by atoms with E-state index < -0.39 is 0 Å². The van der Waals surface area contributed by atoms with Crippen LogP contribution in [0, 0.1) is 11.7 Å². The first-order valence-electron chi connectivity index (χ1n) is 7.65. The van der Waals surface area contributed by atoms with Gasteiger partial charge in [0, 0.05) is 32.0 Å². The standard InChI is InChI=1S/C18H21FN2/c19-18-7-5-17(6-8-18)14-21(13-16-3-4-16)11-9-15-2-1-10-20-12-15/h1-2,5-8,10,12,16H,3-4,9,11,13-14H2. The summed E-state index contributed by atoms with van der Waals surface area (Å²) < 4.78 is 13.0. The molecule has 0 unspecified atom stereocenters. The van der Waals surface area contributed by atoms with Gasteiger partial charge in [-0.05, 0) is 54.5 Å². The van der Waals surface area contributed by atoms with Crippen LogP contribution in [0.2, 0.25) is 0 Å². The van der Waals surface area contributed by atoms with Crippen molar-refractivity contribution in [3.8, 4) is 0 Å². The molecule has 0 saturated heterocycles. The Morgan fingerprint density at radius 3 is 2.57 bits per heavy atom. The molecule has 1 aliphatic rings. The van der Waals surface area contributed by atoms with Crippen LogP contribution in [-0.4, -0.2) is 23.0 Å². The molecule has 3 heteroatoms. The molecule has 0 bridgehead atoms. The summed E-state index contributed by atoms with van der Waals surface area (Å²) >= 11 is 0. The second-order valence-electron chi connectivity index (χ2n) is 5.92. The molecule has 21 heavy (non-hydrogen) atoms. The van der Waals surface area contributed by atoms with E-state index in [9.17, 15) is 4.39 Å². The van der Waals surface area contributed by atoms with E-state index in [2.05, 4.69) is 16.0 Å². The third kappa shape index (κ3) is 4.64. The summed E-state index contributed by atoms with van der Waals surface area (Å²) in [6, 6.07) is 11.0. The molecule has 0 spiro atoms. The van der Waals surface area contributed by atoms with Gasteiger partial charge in [0.05, 0.1) is 0 Å². The lowest BCUT2D eigenvalue weighted by atomic mass is 10.1. The molecule has 1 aromatic heterocycles. The molecule has 0 amide bonds. The molecule has 0 atom stereocenters. The number of rotatable bonds is 7. The van der Waals surface area contributed by atoms with Crippen molar-refractivity contribution in [2.45, 2.75) is 25.8 Å². The molecule has 1 aromatic carbocycles. The van der Waals surface area contributed by atoms with Crippen LogP contribution in [0.25, 0.3) is 0 Å². The lowest BCUT2D eigenvalue weighted by molar-refractivity contribution is 0.257. The number of pyridine rings is 1. The van der Waals surface area contributed by atoms with E-state index >= 15 is 0 Å². The van der Waals surface area contributed by atoms with Gasteiger partial charge in [-0.1, -0.05) is 18.2 Å². The molecule has 1 heterocycles. The van der Waals surface area contributed by atoms with Crippen LogP contribution in [0.3, 0.4) is 0 Å². The van der Waals surface area contributed by atoms with E-state index in [0.717, 1.165) is 32.0 Å². The first kappa shape index (κ1) is 14.2. The van der Waals surface area contributed by atoms with E-state index in [1.165, 1.54) is 24.0 Å². The molecule has 0 N–H and O–H groups in total. The largest absolute Gasteiger partial charge is 0.298 e. The summed E-state index contributed by atoms with van der Waals surface area (Å²) in [5.41, 5.74) is 2.46. The second kappa shape index (κ2) is 6.81. The molecule has 2 nitrogen and oxygen atoms in total. The van der Waals surface area contributed by atoms with Gasteiger partial charge in [-0.15, -0.1) is 0 Å². The van der Waals surface area contributed by atoms with Crippen molar-refractivity contribution >= 4 is 0 Å². The summed E-state index contributed by atoms with van der Waals surface area (Å²) in [7, 11) is 0. The molecule has 1 aliphatic carbocycles. The minimum Gasteiger partial charge on any atom is -0.298 e. The van der Waals surface area contributed by atoms with Gasteiger partial charge in [0.1, 0.15) is 5.82 Å². The van der Waals surface area contributed by atoms with Crippen LogP contribution in [0.5, 0.6) is 0 Å². The van der Waals surface area contributed by atoms with Crippen molar-refractivity contribution in [3.05, 3.63) is 65.7 Å². The summed E-state index contributed by atoms with van der Waals surface area (Å²) in [5.74, 6) is 0.696. The van der Waals surface area contributed by atoms with E-state index in [0.29, 0.717) is 0 Å². The zero-order valence-corrected chi connectivity index (χ0v) is 12.2. The Labute approximate surface area is 125 Å². The maximum absolute atomic E-state index is 13.0. The normalized spacial score (nSPS) is 14.6. The van der Waals surface area contributed by atoms with Crippen molar-refractivity contribution < 1.29 is 4.39 Å². The summed E-state index contributed by atoms with van der Waals surface area (Å²) in [4.78, 5) is 6.65. The smallest absolute Gasteiger partial charge is 0.123 e. The second-order valence-corrected chi connectivity index (χ2v) is 5.92. The molecule has 1 saturated carbocycles. The Morgan fingerprint density at radius 1 is 1.10 bits per heavy atom. The maximum atomic E-state index is 13.0. The highest BCUT2D eigenvalue weighted by Crippen LogP contribution is 2.30. The Bertz CT molecular complexity index is 549. The van der Waals surface area contributed by atoms with Gasteiger partial charge >= 0.3 is 0 Å². The Kier molecular flexibility index (Phi) is 4.61. The van der Waals surface area contributed by atoms with Crippen molar-refractivity contribution in [2.75, 3.05) is 13.1 Å². The van der Waals surface area contributed by atoms with Crippen LogP contribution in [0.1, 0.15) is 24.0 Å². The molecule has 0 aliphatic heterocycles. The van der Waals surface area contributed by atoms with E-state index in [1.54, 1.807) is 12.1 Å². The Morgan fingerprint density at radius 2 is 1.90 bits per heavy atom. The number of benzene rings is 1. The monoisotopic (exact) mass is 284 g/mol. The highest BCUT2D eigenvalue weighted by molar-refractivity contribution is 5.16. The number of nitrogens with zero attached hydrogens (tertiary/aromatic N) is 2. The number of hydrogen-bond donors (Lipinski definition) is 0. The van der Waals surface area contributed by atoms with Crippen LogP contribution >= 0.6 is 0 Å². The summed E-state index contributed by atoms with van der Waals surface area (Å²) in [6.45, 7) is 3.08. The number of halogens is 1. The molecule has 1 fully saturated rings. The first-order chi connectivity index (χ1) is 10.3.